The SMILES string of the molecule is C=CCOc1cc([C@@H](CCC)NC(=O)[C@]2(C)CSC(/C(C)=N/OC(=O)COCCOCCOC)=N2)oc(=O)c1. The smallest absolute Gasteiger partial charge is 0.360 e. The second-order valence-electron chi connectivity index (χ2n) is 8.71. The summed E-state index contributed by atoms with van der Waals surface area (Å²) in [7, 11) is 1.58. The number of aliphatic imine (C=N–C) groups is 1. The van der Waals surface area contributed by atoms with Gasteiger partial charge in [-0.1, -0.05) is 31.2 Å². The lowest BCUT2D eigenvalue weighted by molar-refractivity contribution is -0.149. The Kier molecular flexibility index (Phi) is 13.9. The number of carbonyl (C=O) groups is 2. The van der Waals surface area contributed by atoms with Crippen molar-refractivity contribution in [2.24, 2.45) is 10.1 Å². The molecule has 0 aliphatic carbocycles. The van der Waals surface area contributed by atoms with Crippen molar-refractivity contribution in [3.8, 4) is 5.75 Å². The predicted molar refractivity (Wildman–Crippen MR) is 147 cm³/mol. The first kappa shape index (κ1) is 32.2. The van der Waals surface area contributed by atoms with Gasteiger partial charge in [0.2, 0.25) is 5.91 Å². The number of hydrogen-bond acceptors (Lipinski definition) is 12. The van der Waals surface area contributed by atoms with Crippen LogP contribution in [-0.4, -0.2) is 80.7 Å². The van der Waals surface area contributed by atoms with Crippen molar-refractivity contribution in [3.63, 3.8) is 0 Å². The van der Waals surface area contributed by atoms with E-state index in [1.807, 2.05) is 6.92 Å². The van der Waals surface area contributed by atoms with Gasteiger partial charge >= 0.3 is 11.6 Å². The lowest BCUT2D eigenvalue weighted by Gasteiger charge is -2.24. The third-order valence-electron chi connectivity index (χ3n) is 5.30. The van der Waals surface area contributed by atoms with Crippen LogP contribution in [0.15, 0.2) is 44.1 Å². The largest absolute Gasteiger partial charge is 0.489 e. The number of nitrogens with zero attached hydrogens (tertiary/aromatic N) is 2. The minimum atomic E-state index is -1.10. The van der Waals surface area contributed by atoms with E-state index in [2.05, 4.69) is 22.0 Å². The zero-order valence-electron chi connectivity index (χ0n) is 22.9. The Morgan fingerprint density at radius 1 is 1.28 bits per heavy atom. The zero-order valence-corrected chi connectivity index (χ0v) is 23.7. The number of carbonyl (C=O) groups excluding carboxylic acids is 2. The van der Waals surface area contributed by atoms with Gasteiger partial charge in [-0.05, 0) is 20.3 Å². The second-order valence-corrected chi connectivity index (χ2v) is 9.67. The van der Waals surface area contributed by atoms with Gasteiger partial charge in [-0.15, -0.1) is 11.8 Å². The molecule has 1 amide bonds. The van der Waals surface area contributed by atoms with Crippen molar-refractivity contribution in [1.82, 2.24) is 5.32 Å². The van der Waals surface area contributed by atoms with Crippen LogP contribution in [0.2, 0.25) is 0 Å². The Morgan fingerprint density at radius 2 is 2.03 bits per heavy atom. The van der Waals surface area contributed by atoms with E-state index < -0.39 is 23.2 Å². The molecule has 1 N–H and O–H groups in total. The number of amides is 1. The number of rotatable bonds is 18. The molecule has 0 fully saturated rings. The summed E-state index contributed by atoms with van der Waals surface area (Å²) in [6, 6.07) is 2.28. The average molecular weight is 568 g/mol. The van der Waals surface area contributed by atoms with E-state index in [0.717, 1.165) is 6.42 Å². The van der Waals surface area contributed by atoms with E-state index in [1.165, 1.54) is 17.8 Å². The van der Waals surface area contributed by atoms with Crippen LogP contribution >= 0.6 is 11.8 Å². The van der Waals surface area contributed by atoms with Gasteiger partial charge in [-0.25, -0.2) is 9.59 Å². The molecular formula is C26H37N3O9S. The van der Waals surface area contributed by atoms with Gasteiger partial charge in [0.15, 0.2) is 0 Å². The quantitative estimate of drug-likeness (QED) is 0.0923. The number of oxime groups is 1. The Morgan fingerprint density at radius 3 is 2.74 bits per heavy atom. The molecule has 1 aromatic heterocycles. The summed E-state index contributed by atoms with van der Waals surface area (Å²) in [5, 5.41) is 7.27. The van der Waals surface area contributed by atoms with Crippen LogP contribution in [0.5, 0.6) is 5.75 Å². The topological polar surface area (TPSA) is 147 Å². The van der Waals surface area contributed by atoms with Crippen LogP contribution in [0.3, 0.4) is 0 Å². The molecule has 0 unspecified atom stereocenters. The lowest BCUT2D eigenvalue weighted by Crippen LogP contribution is -2.45. The molecule has 1 aliphatic rings. The molecule has 39 heavy (non-hydrogen) atoms. The standard InChI is InChI=1S/C26H37N3O9S/c1-6-8-20(21-14-19(36-9-7-2)15-22(30)37-21)27-25(32)26(4)17-39-24(28-26)18(3)29-38-23(31)16-35-13-12-34-11-10-33-5/h7,14-15,20H,2,6,8-13,16-17H2,1,3-5H3,(H,27,32)/b29-18+/t20-,26+/m1/s1. The van der Waals surface area contributed by atoms with E-state index in [9.17, 15) is 14.4 Å². The number of thioether (sulfide) groups is 1. The molecule has 13 heteroatoms. The summed E-state index contributed by atoms with van der Waals surface area (Å²) < 4.78 is 26.1. The Bertz CT molecular complexity index is 1090. The predicted octanol–water partition coefficient (Wildman–Crippen LogP) is 2.66. The molecule has 216 valence electrons. The number of ether oxygens (including phenoxy) is 4. The summed E-state index contributed by atoms with van der Waals surface area (Å²) in [4.78, 5) is 46.7. The van der Waals surface area contributed by atoms with Gasteiger partial charge in [-0.3, -0.25) is 9.79 Å². The van der Waals surface area contributed by atoms with E-state index in [-0.39, 0.29) is 25.7 Å². The summed E-state index contributed by atoms with van der Waals surface area (Å²) in [6.07, 6.45) is 2.83. The van der Waals surface area contributed by atoms with Gasteiger partial charge in [0.05, 0.1) is 38.5 Å². The molecule has 0 saturated carbocycles. The minimum Gasteiger partial charge on any atom is -0.489 e. The highest BCUT2D eigenvalue weighted by Gasteiger charge is 2.40. The summed E-state index contributed by atoms with van der Waals surface area (Å²) >= 11 is 1.32. The first-order chi connectivity index (χ1) is 18.7. The summed E-state index contributed by atoms with van der Waals surface area (Å²) in [6.45, 7) is 10.3. The highest BCUT2D eigenvalue weighted by molar-refractivity contribution is 8.16. The van der Waals surface area contributed by atoms with Crippen molar-refractivity contribution in [2.45, 2.75) is 45.2 Å². The maximum atomic E-state index is 13.3. The maximum Gasteiger partial charge on any atom is 0.360 e. The third-order valence-corrected chi connectivity index (χ3v) is 6.67. The monoisotopic (exact) mass is 567 g/mol. The lowest BCUT2D eigenvalue weighted by atomic mass is 10.0. The van der Waals surface area contributed by atoms with Crippen LogP contribution in [-0.2, 0) is 28.6 Å². The summed E-state index contributed by atoms with van der Waals surface area (Å²) in [5.41, 5.74) is -1.32. The molecule has 2 atom stereocenters. The minimum absolute atomic E-state index is 0.228. The first-order valence-electron chi connectivity index (χ1n) is 12.5. The van der Waals surface area contributed by atoms with E-state index in [4.69, 9.17) is 28.2 Å². The number of nitrogens with one attached hydrogen (secondary N) is 1. The van der Waals surface area contributed by atoms with Gasteiger partial charge in [0.1, 0.15) is 41.0 Å². The highest BCUT2D eigenvalue weighted by atomic mass is 32.2. The Labute approximate surface area is 232 Å². The number of methoxy groups -OCH3 is 1. The van der Waals surface area contributed by atoms with Crippen molar-refractivity contribution >= 4 is 34.4 Å². The molecular weight excluding hydrogens is 530 g/mol. The van der Waals surface area contributed by atoms with Crippen molar-refractivity contribution < 1.29 is 37.8 Å². The van der Waals surface area contributed by atoms with Crippen molar-refractivity contribution in [1.29, 1.82) is 0 Å². The van der Waals surface area contributed by atoms with Crippen LogP contribution < -0.4 is 15.7 Å². The fourth-order valence-corrected chi connectivity index (χ4v) is 4.40. The molecule has 2 rings (SSSR count). The maximum absolute atomic E-state index is 13.3. The fourth-order valence-electron chi connectivity index (χ4n) is 3.27. The van der Waals surface area contributed by atoms with E-state index in [1.54, 1.807) is 33.1 Å². The molecule has 2 heterocycles. The Hall–Kier alpha value is -3.00. The normalized spacial score (nSPS) is 17.8. The molecule has 1 aliphatic heterocycles. The van der Waals surface area contributed by atoms with Gasteiger partial charge in [0.25, 0.3) is 0 Å². The zero-order chi connectivity index (χ0) is 28.7. The molecule has 0 aromatic carbocycles. The van der Waals surface area contributed by atoms with E-state index in [0.29, 0.717) is 54.3 Å². The average Bonchev–Trinajstić information content (AvgIpc) is 3.33. The van der Waals surface area contributed by atoms with Gasteiger partial charge < -0.3 is 33.5 Å². The van der Waals surface area contributed by atoms with Crippen LogP contribution in [0.25, 0.3) is 0 Å². The van der Waals surface area contributed by atoms with Crippen LogP contribution in [0.1, 0.15) is 45.4 Å². The Balaban J connectivity index is 1.97. The molecule has 0 bridgehead atoms. The molecule has 0 radical (unpaired) electrons. The molecule has 0 spiro atoms. The second kappa shape index (κ2) is 16.9. The highest BCUT2D eigenvalue weighted by Crippen LogP contribution is 2.30. The molecule has 0 saturated heterocycles. The summed E-state index contributed by atoms with van der Waals surface area (Å²) in [5.74, 6) is -0.0230. The molecule has 12 nitrogen and oxygen atoms in total. The van der Waals surface area contributed by atoms with Crippen LogP contribution in [0, 0.1) is 0 Å². The van der Waals surface area contributed by atoms with Gasteiger partial charge in [0, 0.05) is 18.9 Å². The third kappa shape index (κ3) is 10.9. The van der Waals surface area contributed by atoms with Crippen molar-refractivity contribution in [3.05, 3.63) is 41.0 Å². The van der Waals surface area contributed by atoms with Gasteiger partial charge in [-0.2, -0.15) is 0 Å². The van der Waals surface area contributed by atoms with E-state index >= 15 is 0 Å². The van der Waals surface area contributed by atoms with Crippen molar-refractivity contribution in [2.75, 3.05) is 52.5 Å². The number of hydrogen-bond donors (Lipinski definition) is 1. The first-order valence-corrected chi connectivity index (χ1v) is 13.5. The van der Waals surface area contributed by atoms with Crippen LogP contribution in [0.4, 0.5) is 0 Å². The molecule has 1 aromatic rings. The fraction of sp³-hybridized carbons (Fsp3) is 0.577.